The van der Waals surface area contributed by atoms with Crippen LogP contribution in [-0.2, 0) is 9.59 Å². The minimum absolute atomic E-state index is 0.0441. The summed E-state index contributed by atoms with van der Waals surface area (Å²) in [5.41, 5.74) is 4.39. The maximum absolute atomic E-state index is 12.6. The van der Waals surface area contributed by atoms with E-state index in [1.807, 2.05) is 19.1 Å². The Balaban J connectivity index is 2.08. The van der Waals surface area contributed by atoms with E-state index in [1.54, 1.807) is 6.08 Å². The molecule has 2 aliphatic carbocycles. The highest BCUT2D eigenvalue weighted by molar-refractivity contribution is 6.03. The summed E-state index contributed by atoms with van der Waals surface area (Å²) in [4.78, 5) is 26.8. The van der Waals surface area contributed by atoms with E-state index in [2.05, 4.69) is 17.2 Å². The maximum Gasteiger partial charge on any atom is 0.162 e. The number of hydrogen-bond acceptors (Lipinski definition) is 3. The first-order valence-corrected chi connectivity index (χ1v) is 7.65. The highest BCUT2D eigenvalue weighted by Crippen LogP contribution is 2.52. The van der Waals surface area contributed by atoms with Gasteiger partial charge in [0.1, 0.15) is 0 Å². The number of carbonyl (C=O) groups excluding carboxylic acids is 2. The Morgan fingerprint density at radius 1 is 1.43 bits per heavy atom. The molecule has 0 aromatic carbocycles. The molecular weight excluding hydrogens is 262 g/mol. The number of likely N-dealkylation sites (tertiary alicyclic amines) is 1. The van der Waals surface area contributed by atoms with Crippen LogP contribution in [0.4, 0.5) is 0 Å². The zero-order chi connectivity index (χ0) is 15.0. The summed E-state index contributed by atoms with van der Waals surface area (Å²) in [5.74, 6) is 0.238. The van der Waals surface area contributed by atoms with Gasteiger partial charge < -0.3 is 4.90 Å². The molecule has 0 spiro atoms. The standard InChI is InChI=1S/C18H21NO2/c1-3-7-18-8-6-14(20)11-15(18)17(16(21)12-18)13(2)19-9-4-5-10-19/h6-8,15H,1,4-5,9-12H2,2H3/b17-13+/t15-,18+/m0/s1. The van der Waals surface area contributed by atoms with Crippen molar-refractivity contribution in [2.75, 3.05) is 13.1 Å². The van der Waals surface area contributed by atoms with Gasteiger partial charge in [0.2, 0.25) is 0 Å². The zero-order valence-electron chi connectivity index (χ0n) is 12.5. The molecule has 2 atom stereocenters. The lowest BCUT2D eigenvalue weighted by Gasteiger charge is -2.32. The highest BCUT2D eigenvalue weighted by Gasteiger charge is 2.50. The molecule has 21 heavy (non-hydrogen) atoms. The summed E-state index contributed by atoms with van der Waals surface area (Å²) < 4.78 is 0. The summed E-state index contributed by atoms with van der Waals surface area (Å²) in [6.07, 6.45) is 8.60. The summed E-state index contributed by atoms with van der Waals surface area (Å²) in [5, 5.41) is 0. The van der Waals surface area contributed by atoms with E-state index in [1.165, 1.54) is 12.8 Å². The Kier molecular flexibility index (Phi) is 3.46. The summed E-state index contributed by atoms with van der Waals surface area (Å²) in [6.45, 7) is 7.74. The Labute approximate surface area is 125 Å². The fourth-order valence-corrected chi connectivity index (χ4v) is 4.01. The van der Waals surface area contributed by atoms with Crippen molar-refractivity contribution in [1.82, 2.24) is 4.90 Å². The minimum atomic E-state index is -0.386. The molecule has 1 saturated carbocycles. The second-order valence-corrected chi connectivity index (χ2v) is 6.31. The van der Waals surface area contributed by atoms with E-state index in [4.69, 9.17) is 0 Å². The van der Waals surface area contributed by atoms with Gasteiger partial charge in [0.15, 0.2) is 11.6 Å². The van der Waals surface area contributed by atoms with Crippen LogP contribution in [0.1, 0.15) is 32.6 Å². The van der Waals surface area contributed by atoms with Gasteiger partial charge >= 0.3 is 0 Å². The monoisotopic (exact) mass is 283 g/mol. The summed E-state index contributed by atoms with van der Waals surface area (Å²) in [6, 6.07) is 0. The molecule has 1 saturated heterocycles. The van der Waals surface area contributed by atoms with E-state index in [0.29, 0.717) is 12.8 Å². The van der Waals surface area contributed by atoms with Crippen LogP contribution >= 0.6 is 0 Å². The first-order valence-electron chi connectivity index (χ1n) is 7.65. The summed E-state index contributed by atoms with van der Waals surface area (Å²) >= 11 is 0. The lowest BCUT2D eigenvalue weighted by atomic mass is 9.71. The molecular formula is C18H21NO2. The number of allylic oxidation sites excluding steroid dienone is 5. The lowest BCUT2D eigenvalue weighted by Crippen LogP contribution is -2.29. The van der Waals surface area contributed by atoms with Crippen LogP contribution in [-0.4, -0.2) is 29.6 Å². The van der Waals surface area contributed by atoms with Gasteiger partial charge in [-0.25, -0.2) is 0 Å². The molecule has 3 nitrogen and oxygen atoms in total. The number of ketones is 2. The van der Waals surface area contributed by atoms with Gasteiger partial charge in [-0.2, -0.15) is 0 Å². The molecule has 0 aromatic rings. The maximum atomic E-state index is 12.6. The Morgan fingerprint density at radius 2 is 2.14 bits per heavy atom. The quantitative estimate of drug-likeness (QED) is 0.577. The number of rotatable bonds is 2. The first kappa shape index (κ1) is 14.1. The molecule has 110 valence electrons. The van der Waals surface area contributed by atoms with Crippen molar-refractivity contribution in [3.63, 3.8) is 0 Å². The van der Waals surface area contributed by atoms with Crippen molar-refractivity contribution in [1.29, 1.82) is 0 Å². The number of hydrogen-bond donors (Lipinski definition) is 0. The summed E-state index contributed by atoms with van der Waals surface area (Å²) in [7, 11) is 0. The Morgan fingerprint density at radius 3 is 2.81 bits per heavy atom. The van der Waals surface area contributed by atoms with Crippen molar-refractivity contribution in [3.8, 4) is 0 Å². The third-order valence-corrected chi connectivity index (χ3v) is 5.09. The SMILES string of the molecule is C=C=C[C@]12C=CC(=O)C[C@H]1/C(=C(/C)N1CCCC1)C(=O)C2. The Hall–Kier alpha value is -1.86. The fourth-order valence-electron chi connectivity index (χ4n) is 4.01. The number of Topliss-reactive ketones (excluding diaryl/α,β-unsaturated/α-hetero) is 1. The molecule has 3 heteroatoms. The lowest BCUT2D eigenvalue weighted by molar-refractivity contribution is -0.116. The second kappa shape index (κ2) is 5.16. The molecule has 0 N–H and O–H groups in total. The average molecular weight is 283 g/mol. The van der Waals surface area contributed by atoms with Crippen LogP contribution in [0.25, 0.3) is 0 Å². The third-order valence-electron chi connectivity index (χ3n) is 5.09. The largest absolute Gasteiger partial charge is 0.375 e. The minimum Gasteiger partial charge on any atom is -0.375 e. The number of fused-ring (bicyclic) bond motifs is 1. The molecule has 0 bridgehead atoms. The predicted molar refractivity (Wildman–Crippen MR) is 81.5 cm³/mol. The normalized spacial score (nSPS) is 34.0. The van der Waals surface area contributed by atoms with Gasteiger partial charge in [-0.05, 0) is 31.9 Å². The van der Waals surface area contributed by atoms with E-state index in [0.717, 1.165) is 24.4 Å². The highest BCUT2D eigenvalue weighted by atomic mass is 16.1. The van der Waals surface area contributed by atoms with Gasteiger partial charge in [-0.3, -0.25) is 9.59 Å². The average Bonchev–Trinajstić information content (AvgIpc) is 3.05. The van der Waals surface area contributed by atoms with E-state index >= 15 is 0 Å². The Bertz CT molecular complexity index is 601. The van der Waals surface area contributed by atoms with Gasteiger partial charge in [-0.1, -0.05) is 12.7 Å². The smallest absolute Gasteiger partial charge is 0.162 e. The molecule has 1 aliphatic heterocycles. The molecule has 3 aliphatic rings. The first-order chi connectivity index (χ1) is 10.1. The zero-order valence-corrected chi connectivity index (χ0v) is 12.5. The van der Waals surface area contributed by atoms with Gasteiger partial charge in [-0.15, -0.1) is 5.73 Å². The van der Waals surface area contributed by atoms with Crippen LogP contribution in [0.3, 0.4) is 0 Å². The number of nitrogens with zero attached hydrogens (tertiary/aromatic N) is 1. The molecule has 0 aromatic heterocycles. The van der Waals surface area contributed by atoms with Crippen molar-refractivity contribution < 1.29 is 9.59 Å². The van der Waals surface area contributed by atoms with E-state index < -0.39 is 0 Å². The molecule has 0 unspecified atom stereocenters. The van der Waals surface area contributed by atoms with Crippen molar-refractivity contribution >= 4 is 11.6 Å². The topological polar surface area (TPSA) is 37.4 Å². The molecule has 0 radical (unpaired) electrons. The van der Waals surface area contributed by atoms with Crippen LogP contribution in [0.15, 0.2) is 41.8 Å². The van der Waals surface area contributed by atoms with E-state index in [-0.39, 0.29) is 22.9 Å². The van der Waals surface area contributed by atoms with Crippen molar-refractivity contribution in [3.05, 3.63) is 41.8 Å². The van der Waals surface area contributed by atoms with Crippen LogP contribution in [0.2, 0.25) is 0 Å². The van der Waals surface area contributed by atoms with Crippen molar-refractivity contribution in [2.45, 2.75) is 32.6 Å². The van der Waals surface area contributed by atoms with Gasteiger partial charge in [0.05, 0.1) is 0 Å². The van der Waals surface area contributed by atoms with Crippen LogP contribution in [0.5, 0.6) is 0 Å². The predicted octanol–water partition coefficient (Wildman–Crippen LogP) is 2.80. The fraction of sp³-hybridized carbons (Fsp3) is 0.500. The van der Waals surface area contributed by atoms with Gasteiger partial charge in [0, 0.05) is 48.5 Å². The molecule has 0 amide bonds. The molecule has 2 fully saturated rings. The van der Waals surface area contributed by atoms with E-state index in [9.17, 15) is 9.59 Å². The van der Waals surface area contributed by atoms with Gasteiger partial charge in [0.25, 0.3) is 0 Å². The molecule has 1 heterocycles. The van der Waals surface area contributed by atoms with Crippen molar-refractivity contribution in [2.24, 2.45) is 11.3 Å². The number of carbonyl (C=O) groups is 2. The third kappa shape index (κ3) is 2.22. The second-order valence-electron chi connectivity index (χ2n) is 6.31. The van der Waals surface area contributed by atoms with Crippen LogP contribution < -0.4 is 0 Å². The molecule has 3 rings (SSSR count). The van der Waals surface area contributed by atoms with Crippen LogP contribution in [0, 0.1) is 11.3 Å².